The standard InChI is InChI=1S/C12H15N3O3/c1-7-5-11(18-3)8(2)4-9(7)10(14-15-13)6-12(16)17/h4-5,10H,6H2,1-3H3,(H,16,17). The molecule has 0 amide bonds. The van der Waals surface area contributed by atoms with Crippen LogP contribution in [-0.4, -0.2) is 18.2 Å². The minimum Gasteiger partial charge on any atom is -0.496 e. The molecule has 0 aliphatic carbocycles. The minimum atomic E-state index is -1.000. The maximum Gasteiger partial charge on any atom is 0.304 e. The van der Waals surface area contributed by atoms with E-state index in [2.05, 4.69) is 10.0 Å². The lowest BCUT2D eigenvalue weighted by Crippen LogP contribution is -2.06. The number of hydrogen-bond donors (Lipinski definition) is 1. The Morgan fingerprint density at radius 2 is 2.17 bits per heavy atom. The Kier molecular flexibility index (Phi) is 4.57. The van der Waals surface area contributed by atoms with E-state index < -0.39 is 12.0 Å². The predicted molar refractivity (Wildman–Crippen MR) is 66.6 cm³/mol. The van der Waals surface area contributed by atoms with Gasteiger partial charge in [0.1, 0.15) is 5.75 Å². The van der Waals surface area contributed by atoms with Crippen molar-refractivity contribution in [1.29, 1.82) is 0 Å². The van der Waals surface area contributed by atoms with Crippen molar-refractivity contribution in [3.8, 4) is 5.75 Å². The van der Waals surface area contributed by atoms with E-state index >= 15 is 0 Å². The summed E-state index contributed by atoms with van der Waals surface area (Å²) in [6, 6.07) is 2.92. The third kappa shape index (κ3) is 3.15. The lowest BCUT2D eigenvalue weighted by atomic mass is 9.97. The number of ether oxygens (including phenoxy) is 1. The molecule has 0 heterocycles. The molecule has 0 aliphatic heterocycles. The Balaban J connectivity index is 3.23. The number of methoxy groups -OCH3 is 1. The van der Waals surface area contributed by atoms with E-state index in [1.807, 2.05) is 19.9 Å². The quantitative estimate of drug-likeness (QED) is 0.493. The van der Waals surface area contributed by atoms with Crippen LogP contribution in [0.25, 0.3) is 10.4 Å². The highest BCUT2D eigenvalue weighted by Crippen LogP contribution is 2.30. The van der Waals surface area contributed by atoms with Crippen LogP contribution in [0.4, 0.5) is 0 Å². The third-order valence-electron chi connectivity index (χ3n) is 2.70. The Labute approximate surface area is 105 Å². The minimum absolute atomic E-state index is 0.226. The maximum absolute atomic E-state index is 10.8. The molecule has 1 atom stereocenters. The molecule has 0 spiro atoms. The van der Waals surface area contributed by atoms with Gasteiger partial charge in [-0.2, -0.15) is 0 Å². The third-order valence-corrected chi connectivity index (χ3v) is 2.70. The molecule has 0 bridgehead atoms. The molecule has 18 heavy (non-hydrogen) atoms. The summed E-state index contributed by atoms with van der Waals surface area (Å²) >= 11 is 0. The van der Waals surface area contributed by atoms with Gasteiger partial charge in [-0.15, -0.1) is 0 Å². The first-order chi connectivity index (χ1) is 8.49. The van der Waals surface area contributed by atoms with E-state index in [1.165, 1.54) is 0 Å². The molecular weight excluding hydrogens is 234 g/mol. The fraction of sp³-hybridized carbons (Fsp3) is 0.417. The highest BCUT2D eigenvalue weighted by atomic mass is 16.5. The van der Waals surface area contributed by atoms with Crippen molar-refractivity contribution >= 4 is 5.97 Å². The Hall–Kier alpha value is -2.20. The molecule has 1 aromatic rings. The number of carbonyl (C=O) groups is 1. The molecule has 0 aromatic heterocycles. The Bertz CT molecular complexity index is 508. The Morgan fingerprint density at radius 1 is 1.50 bits per heavy atom. The zero-order valence-corrected chi connectivity index (χ0v) is 10.5. The molecule has 6 heteroatoms. The normalized spacial score (nSPS) is 11.5. The molecule has 1 unspecified atom stereocenters. The molecule has 0 radical (unpaired) electrons. The predicted octanol–water partition coefficient (Wildman–Crippen LogP) is 3.14. The van der Waals surface area contributed by atoms with Gasteiger partial charge in [0.05, 0.1) is 19.6 Å². The van der Waals surface area contributed by atoms with Crippen molar-refractivity contribution in [3.63, 3.8) is 0 Å². The number of azide groups is 1. The first-order valence-electron chi connectivity index (χ1n) is 5.40. The topological polar surface area (TPSA) is 95.3 Å². The van der Waals surface area contributed by atoms with Crippen molar-refractivity contribution < 1.29 is 14.6 Å². The summed E-state index contributed by atoms with van der Waals surface area (Å²) in [6.07, 6.45) is -0.226. The SMILES string of the molecule is COc1cc(C)c(C(CC(=O)O)N=[N+]=[N-])cc1C. The van der Waals surface area contributed by atoms with Crippen molar-refractivity contribution in [3.05, 3.63) is 39.3 Å². The summed E-state index contributed by atoms with van der Waals surface area (Å²) in [5.41, 5.74) is 10.9. The van der Waals surface area contributed by atoms with E-state index in [1.54, 1.807) is 13.2 Å². The molecule has 96 valence electrons. The summed E-state index contributed by atoms with van der Waals surface area (Å²) in [7, 11) is 1.57. The van der Waals surface area contributed by atoms with Gasteiger partial charge in [0.15, 0.2) is 0 Å². The number of carboxylic acids is 1. The lowest BCUT2D eigenvalue weighted by molar-refractivity contribution is -0.137. The van der Waals surface area contributed by atoms with Gasteiger partial charge in [-0.05, 0) is 42.1 Å². The van der Waals surface area contributed by atoms with Crippen LogP contribution in [0.1, 0.15) is 29.2 Å². The molecule has 0 fully saturated rings. The first kappa shape index (κ1) is 13.9. The number of benzene rings is 1. The summed E-state index contributed by atoms with van der Waals surface area (Å²) < 4.78 is 5.18. The molecule has 0 saturated heterocycles. The summed E-state index contributed by atoms with van der Waals surface area (Å²) in [4.78, 5) is 13.5. The number of rotatable bonds is 5. The van der Waals surface area contributed by atoms with Gasteiger partial charge in [0.25, 0.3) is 0 Å². The van der Waals surface area contributed by atoms with E-state index in [0.717, 1.165) is 16.9 Å². The summed E-state index contributed by atoms with van der Waals surface area (Å²) in [5, 5.41) is 12.4. The van der Waals surface area contributed by atoms with Crippen LogP contribution in [0.15, 0.2) is 17.2 Å². The van der Waals surface area contributed by atoms with Gasteiger partial charge >= 0.3 is 5.97 Å². The van der Waals surface area contributed by atoms with Crippen LogP contribution >= 0.6 is 0 Å². The average molecular weight is 249 g/mol. The number of aliphatic carboxylic acids is 1. The van der Waals surface area contributed by atoms with Crippen LogP contribution in [0.2, 0.25) is 0 Å². The summed E-state index contributed by atoms with van der Waals surface area (Å²) in [6.45, 7) is 3.69. The van der Waals surface area contributed by atoms with E-state index in [0.29, 0.717) is 5.56 Å². The number of aryl methyl sites for hydroxylation is 2. The second-order valence-electron chi connectivity index (χ2n) is 4.00. The van der Waals surface area contributed by atoms with Gasteiger partial charge in [0.2, 0.25) is 0 Å². The van der Waals surface area contributed by atoms with E-state index in [-0.39, 0.29) is 6.42 Å². The van der Waals surface area contributed by atoms with Crippen molar-refractivity contribution in [2.75, 3.05) is 7.11 Å². The van der Waals surface area contributed by atoms with Crippen molar-refractivity contribution in [2.24, 2.45) is 5.11 Å². The molecule has 1 rings (SSSR count). The van der Waals surface area contributed by atoms with Gasteiger partial charge in [-0.25, -0.2) is 0 Å². The zero-order chi connectivity index (χ0) is 13.7. The van der Waals surface area contributed by atoms with E-state index in [4.69, 9.17) is 15.4 Å². The number of carboxylic acid groups (broad SMARTS) is 1. The summed E-state index contributed by atoms with van der Waals surface area (Å²) in [5.74, 6) is -0.272. The molecule has 1 N–H and O–H groups in total. The largest absolute Gasteiger partial charge is 0.496 e. The van der Waals surface area contributed by atoms with Gasteiger partial charge in [-0.3, -0.25) is 4.79 Å². The van der Waals surface area contributed by atoms with Gasteiger partial charge < -0.3 is 9.84 Å². The second-order valence-corrected chi connectivity index (χ2v) is 4.00. The fourth-order valence-corrected chi connectivity index (χ4v) is 1.83. The van der Waals surface area contributed by atoms with Crippen LogP contribution in [0.5, 0.6) is 5.75 Å². The molecule has 0 aliphatic rings. The first-order valence-corrected chi connectivity index (χ1v) is 5.40. The number of nitrogens with zero attached hydrogens (tertiary/aromatic N) is 3. The van der Waals surface area contributed by atoms with Crippen LogP contribution in [-0.2, 0) is 4.79 Å². The zero-order valence-electron chi connectivity index (χ0n) is 10.5. The fourth-order valence-electron chi connectivity index (χ4n) is 1.83. The average Bonchev–Trinajstić information content (AvgIpc) is 2.30. The monoisotopic (exact) mass is 249 g/mol. The van der Waals surface area contributed by atoms with Crippen molar-refractivity contribution in [1.82, 2.24) is 0 Å². The van der Waals surface area contributed by atoms with E-state index in [9.17, 15) is 4.79 Å². The van der Waals surface area contributed by atoms with Crippen LogP contribution in [0.3, 0.4) is 0 Å². The molecule has 6 nitrogen and oxygen atoms in total. The van der Waals surface area contributed by atoms with Gasteiger partial charge in [-0.1, -0.05) is 11.2 Å². The molecule has 1 aromatic carbocycles. The highest BCUT2D eigenvalue weighted by Gasteiger charge is 2.17. The second kappa shape index (κ2) is 5.93. The van der Waals surface area contributed by atoms with Crippen LogP contribution in [0, 0.1) is 13.8 Å². The maximum atomic E-state index is 10.8. The molecule has 0 saturated carbocycles. The Morgan fingerprint density at radius 3 is 2.67 bits per heavy atom. The smallest absolute Gasteiger partial charge is 0.304 e. The van der Waals surface area contributed by atoms with Crippen molar-refractivity contribution in [2.45, 2.75) is 26.3 Å². The lowest BCUT2D eigenvalue weighted by Gasteiger charge is -2.15. The molecular formula is C12H15N3O3. The van der Waals surface area contributed by atoms with Crippen LogP contribution < -0.4 is 4.74 Å². The van der Waals surface area contributed by atoms with Gasteiger partial charge in [0, 0.05) is 4.91 Å². The highest BCUT2D eigenvalue weighted by molar-refractivity contribution is 5.68. The number of hydrogen-bond acceptors (Lipinski definition) is 3.